The fraction of sp³-hybridized carbons (Fsp3) is 0.562. The van der Waals surface area contributed by atoms with Crippen LogP contribution in [0.1, 0.15) is 31.2 Å². The van der Waals surface area contributed by atoms with Crippen LogP contribution in [0.3, 0.4) is 0 Å². The highest BCUT2D eigenvalue weighted by Gasteiger charge is 2.20. The summed E-state index contributed by atoms with van der Waals surface area (Å²) in [5.41, 5.74) is 1.35. The number of benzene rings is 1. The van der Waals surface area contributed by atoms with Gasteiger partial charge >= 0.3 is 0 Å². The summed E-state index contributed by atoms with van der Waals surface area (Å²) >= 11 is 0. The first-order valence-electron chi connectivity index (χ1n) is 7.27. The first-order chi connectivity index (χ1) is 9.25. The number of amides is 1. The van der Waals surface area contributed by atoms with Crippen molar-refractivity contribution in [1.82, 2.24) is 10.2 Å². The van der Waals surface area contributed by atoms with Crippen LogP contribution in [0.4, 0.5) is 0 Å². The Bertz CT molecular complexity index is 387. The minimum Gasteiger partial charge on any atom is -0.346 e. The number of carbonyl (C=O) groups excluding carboxylic acids is 1. The van der Waals surface area contributed by atoms with Gasteiger partial charge in [-0.15, -0.1) is 0 Å². The Hall–Kier alpha value is -1.35. The molecule has 0 heterocycles. The second kappa shape index (κ2) is 7.29. The predicted molar refractivity (Wildman–Crippen MR) is 78.0 cm³/mol. The monoisotopic (exact) mass is 260 g/mol. The second-order valence-electron chi connectivity index (χ2n) is 5.38. The second-order valence-corrected chi connectivity index (χ2v) is 5.38. The van der Waals surface area contributed by atoms with E-state index >= 15 is 0 Å². The molecule has 1 saturated carbocycles. The van der Waals surface area contributed by atoms with Crippen molar-refractivity contribution in [2.45, 2.75) is 38.1 Å². The van der Waals surface area contributed by atoms with Gasteiger partial charge in [0.1, 0.15) is 0 Å². The molecular weight excluding hydrogens is 236 g/mol. The summed E-state index contributed by atoms with van der Waals surface area (Å²) < 4.78 is 0. The zero-order valence-corrected chi connectivity index (χ0v) is 11.8. The maximum atomic E-state index is 11.9. The molecule has 3 nitrogen and oxygen atoms in total. The van der Waals surface area contributed by atoms with E-state index in [1.165, 1.54) is 18.4 Å². The number of hydrogen-bond donors (Lipinski definition) is 1. The maximum Gasteiger partial charge on any atom is 0.223 e. The van der Waals surface area contributed by atoms with Crippen LogP contribution in [-0.4, -0.2) is 37.0 Å². The van der Waals surface area contributed by atoms with Crippen molar-refractivity contribution in [3.63, 3.8) is 0 Å². The van der Waals surface area contributed by atoms with Crippen molar-refractivity contribution in [3.05, 3.63) is 35.9 Å². The van der Waals surface area contributed by atoms with Gasteiger partial charge < -0.3 is 10.2 Å². The molecule has 1 aliphatic rings. The summed E-state index contributed by atoms with van der Waals surface area (Å²) in [6.45, 7) is 1.67. The Morgan fingerprint density at radius 3 is 2.74 bits per heavy atom. The van der Waals surface area contributed by atoms with Crippen LogP contribution in [0.25, 0.3) is 0 Å². The number of nitrogens with one attached hydrogen (secondary N) is 1. The first-order valence-corrected chi connectivity index (χ1v) is 7.27. The lowest BCUT2D eigenvalue weighted by atomic mass is 10.1. The molecule has 1 aliphatic carbocycles. The zero-order valence-electron chi connectivity index (χ0n) is 11.8. The highest BCUT2D eigenvalue weighted by atomic mass is 16.2. The van der Waals surface area contributed by atoms with E-state index in [4.69, 9.17) is 0 Å². The molecule has 0 aromatic heterocycles. The highest BCUT2D eigenvalue weighted by Crippen LogP contribution is 2.18. The van der Waals surface area contributed by atoms with Gasteiger partial charge in [-0.05, 0) is 31.2 Å². The van der Waals surface area contributed by atoms with Gasteiger partial charge in [0, 0.05) is 32.6 Å². The van der Waals surface area contributed by atoms with E-state index in [0.717, 1.165) is 25.9 Å². The molecule has 0 saturated heterocycles. The van der Waals surface area contributed by atoms with E-state index in [-0.39, 0.29) is 5.91 Å². The molecule has 0 atom stereocenters. The average molecular weight is 260 g/mol. The third kappa shape index (κ3) is 5.43. The fourth-order valence-electron chi connectivity index (χ4n) is 2.15. The molecule has 3 heteroatoms. The van der Waals surface area contributed by atoms with Gasteiger partial charge in [-0.2, -0.15) is 0 Å². The van der Waals surface area contributed by atoms with Crippen LogP contribution >= 0.6 is 0 Å². The molecule has 0 unspecified atom stereocenters. The van der Waals surface area contributed by atoms with Crippen LogP contribution in [0.15, 0.2) is 30.3 Å². The Labute approximate surface area is 116 Å². The average Bonchev–Trinajstić information content (AvgIpc) is 3.24. The normalized spacial score (nSPS) is 14.4. The molecule has 1 aromatic carbocycles. The fourth-order valence-corrected chi connectivity index (χ4v) is 2.15. The molecule has 0 bridgehead atoms. The van der Waals surface area contributed by atoms with Crippen LogP contribution < -0.4 is 5.32 Å². The number of hydrogen-bond acceptors (Lipinski definition) is 2. The largest absolute Gasteiger partial charge is 0.346 e. The lowest BCUT2D eigenvalue weighted by Crippen LogP contribution is -2.31. The molecule has 0 radical (unpaired) electrons. The number of carbonyl (C=O) groups is 1. The van der Waals surface area contributed by atoms with Gasteiger partial charge in [0.25, 0.3) is 0 Å². The van der Waals surface area contributed by atoms with Crippen molar-refractivity contribution in [2.24, 2.45) is 0 Å². The molecule has 2 rings (SSSR count). The Morgan fingerprint density at radius 1 is 1.32 bits per heavy atom. The van der Waals surface area contributed by atoms with Crippen molar-refractivity contribution in [3.8, 4) is 0 Å². The molecule has 1 amide bonds. The Morgan fingerprint density at radius 2 is 2.05 bits per heavy atom. The summed E-state index contributed by atoms with van der Waals surface area (Å²) in [7, 11) is 1.91. The highest BCUT2D eigenvalue weighted by molar-refractivity contribution is 5.76. The number of rotatable bonds is 8. The topological polar surface area (TPSA) is 32.3 Å². The van der Waals surface area contributed by atoms with Crippen LogP contribution in [0.5, 0.6) is 0 Å². The number of nitrogens with zero attached hydrogens (tertiary/aromatic N) is 1. The Balaban J connectivity index is 1.57. The molecule has 104 valence electrons. The minimum absolute atomic E-state index is 0.251. The van der Waals surface area contributed by atoms with Gasteiger partial charge in [-0.25, -0.2) is 0 Å². The molecule has 19 heavy (non-hydrogen) atoms. The van der Waals surface area contributed by atoms with Crippen LogP contribution in [-0.2, 0) is 11.2 Å². The molecule has 0 spiro atoms. The summed E-state index contributed by atoms with van der Waals surface area (Å²) in [6, 6.07) is 11.1. The van der Waals surface area contributed by atoms with Gasteiger partial charge in [0.2, 0.25) is 5.91 Å². The first kappa shape index (κ1) is 14.1. The van der Waals surface area contributed by atoms with Crippen molar-refractivity contribution < 1.29 is 4.79 Å². The molecular formula is C16H24N2O. The van der Waals surface area contributed by atoms with E-state index in [1.807, 2.05) is 18.0 Å². The summed E-state index contributed by atoms with van der Waals surface area (Å²) in [6.07, 6.45) is 5.25. The van der Waals surface area contributed by atoms with Crippen LogP contribution in [0, 0.1) is 0 Å². The Kier molecular flexibility index (Phi) is 5.40. The van der Waals surface area contributed by atoms with Crippen LogP contribution in [0.2, 0.25) is 0 Å². The maximum absolute atomic E-state index is 11.9. The number of aryl methyl sites for hydroxylation is 1. The lowest BCUT2D eigenvalue weighted by Gasteiger charge is -2.17. The SMILES string of the molecule is CN(CCCc1ccccc1)C(=O)CCNC1CC1. The molecule has 1 aromatic rings. The quantitative estimate of drug-likeness (QED) is 0.777. The summed E-state index contributed by atoms with van der Waals surface area (Å²) in [5, 5.41) is 3.38. The van der Waals surface area contributed by atoms with Gasteiger partial charge in [0.15, 0.2) is 0 Å². The molecule has 0 aliphatic heterocycles. The smallest absolute Gasteiger partial charge is 0.223 e. The summed E-state index contributed by atoms with van der Waals surface area (Å²) in [4.78, 5) is 13.7. The molecule has 1 fully saturated rings. The lowest BCUT2D eigenvalue weighted by molar-refractivity contribution is -0.129. The van der Waals surface area contributed by atoms with Crippen molar-refractivity contribution in [2.75, 3.05) is 20.1 Å². The third-order valence-electron chi connectivity index (χ3n) is 3.58. The van der Waals surface area contributed by atoms with Gasteiger partial charge in [0.05, 0.1) is 0 Å². The minimum atomic E-state index is 0.251. The van der Waals surface area contributed by atoms with Crippen molar-refractivity contribution >= 4 is 5.91 Å². The van der Waals surface area contributed by atoms with E-state index in [2.05, 4.69) is 29.6 Å². The van der Waals surface area contributed by atoms with Gasteiger partial charge in [-0.1, -0.05) is 30.3 Å². The van der Waals surface area contributed by atoms with Gasteiger partial charge in [-0.3, -0.25) is 4.79 Å². The molecule has 1 N–H and O–H groups in total. The predicted octanol–water partition coefficient (Wildman–Crippen LogP) is 2.22. The van der Waals surface area contributed by atoms with E-state index < -0.39 is 0 Å². The third-order valence-corrected chi connectivity index (χ3v) is 3.58. The van der Waals surface area contributed by atoms with E-state index in [0.29, 0.717) is 12.5 Å². The summed E-state index contributed by atoms with van der Waals surface area (Å²) in [5.74, 6) is 0.251. The van der Waals surface area contributed by atoms with Crippen molar-refractivity contribution in [1.29, 1.82) is 0 Å². The standard InChI is InChI=1S/C16H24N2O/c1-18(16(19)11-12-17-15-9-10-15)13-5-8-14-6-3-2-4-7-14/h2-4,6-7,15,17H,5,8-13H2,1H3. The van der Waals surface area contributed by atoms with E-state index in [1.54, 1.807) is 0 Å². The zero-order chi connectivity index (χ0) is 13.5. The van der Waals surface area contributed by atoms with E-state index in [9.17, 15) is 4.79 Å².